The lowest BCUT2D eigenvalue weighted by atomic mass is 9.95. The number of aryl methyl sites for hydroxylation is 2. The van der Waals surface area contributed by atoms with Gasteiger partial charge in [-0.25, -0.2) is 9.97 Å². The molecule has 0 amide bonds. The summed E-state index contributed by atoms with van der Waals surface area (Å²) < 4.78 is 2.30. The zero-order valence-electron chi connectivity index (χ0n) is 12.6. The van der Waals surface area contributed by atoms with Crippen molar-refractivity contribution in [3.05, 3.63) is 40.6 Å². The average molecular weight is 300 g/mol. The van der Waals surface area contributed by atoms with Crippen LogP contribution in [0.15, 0.2) is 29.8 Å². The Labute approximate surface area is 128 Å². The van der Waals surface area contributed by atoms with Crippen molar-refractivity contribution in [2.45, 2.75) is 39.2 Å². The van der Waals surface area contributed by atoms with E-state index in [0.29, 0.717) is 0 Å². The van der Waals surface area contributed by atoms with Gasteiger partial charge in [0.15, 0.2) is 0 Å². The summed E-state index contributed by atoms with van der Waals surface area (Å²) in [5.74, 6) is 1.10. The SMILES string of the molecule is CC(C)(C)c1nc2cc(N)ccc2n1CCc1nccs1. The van der Waals surface area contributed by atoms with Crippen molar-refractivity contribution in [3.63, 3.8) is 0 Å². The highest BCUT2D eigenvalue weighted by atomic mass is 32.1. The van der Waals surface area contributed by atoms with Gasteiger partial charge in [-0.05, 0) is 18.2 Å². The number of anilines is 1. The van der Waals surface area contributed by atoms with Gasteiger partial charge in [0.25, 0.3) is 0 Å². The molecule has 2 aromatic heterocycles. The molecule has 2 N–H and O–H groups in total. The van der Waals surface area contributed by atoms with Crippen molar-refractivity contribution in [2.75, 3.05) is 5.73 Å². The molecule has 0 radical (unpaired) electrons. The molecule has 0 aliphatic carbocycles. The van der Waals surface area contributed by atoms with Crippen LogP contribution in [0, 0.1) is 0 Å². The number of rotatable bonds is 3. The van der Waals surface area contributed by atoms with Crippen molar-refractivity contribution in [2.24, 2.45) is 0 Å². The molecule has 0 aliphatic rings. The van der Waals surface area contributed by atoms with Crippen LogP contribution in [-0.2, 0) is 18.4 Å². The monoisotopic (exact) mass is 300 g/mol. The van der Waals surface area contributed by atoms with E-state index in [1.165, 1.54) is 0 Å². The van der Waals surface area contributed by atoms with E-state index in [1.54, 1.807) is 11.3 Å². The van der Waals surface area contributed by atoms with E-state index in [9.17, 15) is 0 Å². The zero-order valence-corrected chi connectivity index (χ0v) is 13.4. The third kappa shape index (κ3) is 2.78. The van der Waals surface area contributed by atoms with Crippen molar-refractivity contribution < 1.29 is 0 Å². The van der Waals surface area contributed by atoms with Crippen LogP contribution >= 0.6 is 11.3 Å². The van der Waals surface area contributed by atoms with Crippen molar-refractivity contribution >= 4 is 28.1 Å². The molecule has 3 aromatic rings. The summed E-state index contributed by atoms with van der Waals surface area (Å²) in [6, 6.07) is 5.95. The number of benzene rings is 1. The smallest absolute Gasteiger partial charge is 0.115 e. The summed E-state index contributed by atoms with van der Waals surface area (Å²) in [6.45, 7) is 7.47. The second-order valence-corrected chi connectivity index (χ2v) is 7.24. The lowest BCUT2D eigenvalue weighted by Crippen LogP contribution is -2.19. The van der Waals surface area contributed by atoms with Gasteiger partial charge in [-0.3, -0.25) is 0 Å². The Balaban J connectivity index is 2.05. The molecule has 4 nitrogen and oxygen atoms in total. The normalized spacial score (nSPS) is 12.1. The summed E-state index contributed by atoms with van der Waals surface area (Å²) >= 11 is 1.70. The Morgan fingerprint density at radius 1 is 1.29 bits per heavy atom. The zero-order chi connectivity index (χ0) is 15.0. The number of nitrogens with two attached hydrogens (primary N) is 1. The van der Waals surface area contributed by atoms with Gasteiger partial charge in [0, 0.05) is 35.6 Å². The van der Waals surface area contributed by atoms with Gasteiger partial charge in [0.05, 0.1) is 16.0 Å². The number of thiazole rings is 1. The highest BCUT2D eigenvalue weighted by Gasteiger charge is 2.22. The molecule has 0 spiro atoms. The topological polar surface area (TPSA) is 56.7 Å². The Morgan fingerprint density at radius 2 is 2.10 bits per heavy atom. The van der Waals surface area contributed by atoms with E-state index >= 15 is 0 Å². The number of hydrogen-bond acceptors (Lipinski definition) is 4. The van der Waals surface area contributed by atoms with E-state index in [1.807, 2.05) is 23.7 Å². The third-order valence-corrected chi connectivity index (χ3v) is 4.32. The summed E-state index contributed by atoms with van der Waals surface area (Å²) in [4.78, 5) is 9.18. The molecule has 2 heterocycles. The van der Waals surface area contributed by atoms with Gasteiger partial charge in [-0.1, -0.05) is 20.8 Å². The quantitative estimate of drug-likeness (QED) is 0.752. The average Bonchev–Trinajstić information content (AvgIpc) is 3.01. The van der Waals surface area contributed by atoms with Crippen LogP contribution in [0.5, 0.6) is 0 Å². The summed E-state index contributed by atoms with van der Waals surface area (Å²) in [6.07, 6.45) is 2.79. The second kappa shape index (κ2) is 5.15. The molecule has 3 rings (SSSR count). The van der Waals surface area contributed by atoms with Gasteiger partial charge >= 0.3 is 0 Å². The van der Waals surface area contributed by atoms with Crippen LogP contribution in [-0.4, -0.2) is 14.5 Å². The minimum atomic E-state index is -0.00331. The molecule has 0 fully saturated rings. The summed E-state index contributed by atoms with van der Waals surface area (Å²) in [5.41, 5.74) is 8.75. The summed E-state index contributed by atoms with van der Waals surface area (Å²) in [5, 5.41) is 3.18. The van der Waals surface area contributed by atoms with Gasteiger partial charge in [-0.2, -0.15) is 0 Å². The predicted molar refractivity (Wildman–Crippen MR) is 88.7 cm³/mol. The maximum absolute atomic E-state index is 5.89. The van der Waals surface area contributed by atoms with Crippen LogP contribution in [0.4, 0.5) is 5.69 Å². The first-order valence-electron chi connectivity index (χ1n) is 7.10. The fourth-order valence-corrected chi connectivity index (χ4v) is 3.14. The number of hydrogen-bond donors (Lipinski definition) is 1. The van der Waals surface area contributed by atoms with Crippen molar-refractivity contribution in [3.8, 4) is 0 Å². The Hall–Kier alpha value is -1.88. The van der Waals surface area contributed by atoms with Crippen LogP contribution in [0.3, 0.4) is 0 Å². The Kier molecular flexibility index (Phi) is 3.45. The molecule has 0 saturated heterocycles. The first-order valence-corrected chi connectivity index (χ1v) is 7.98. The molecule has 5 heteroatoms. The molecule has 0 unspecified atom stereocenters. The largest absolute Gasteiger partial charge is 0.399 e. The molecular weight excluding hydrogens is 280 g/mol. The van der Waals surface area contributed by atoms with Crippen LogP contribution in [0.1, 0.15) is 31.6 Å². The van der Waals surface area contributed by atoms with Gasteiger partial charge in [-0.15, -0.1) is 11.3 Å². The maximum Gasteiger partial charge on any atom is 0.115 e. The standard InChI is InChI=1S/C16H20N4S/c1-16(2,3)15-19-12-10-11(17)4-5-13(12)20(15)8-6-14-18-7-9-21-14/h4-5,7,9-10H,6,8,17H2,1-3H3. The third-order valence-electron chi connectivity index (χ3n) is 3.48. The van der Waals surface area contributed by atoms with Crippen molar-refractivity contribution in [1.82, 2.24) is 14.5 Å². The van der Waals surface area contributed by atoms with E-state index < -0.39 is 0 Å². The Bertz CT molecular complexity index is 751. The van der Waals surface area contributed by atoms with E-state index in [2.05, 4.69) is 36.4 Å². The molecule has 21 heavy (non-hydrogen) atoms. The lowest BCUT2D eigenvalue weighted by molar-refractivity contribution is 0.503. The molecule has 1 aromatic carbocycles. The second-order valence-electron chi connectivity index (χ2n) is 6.26. The van der Waals surface area contributed by atoms with E-state index in [4.69, 9.17) is 10.7 Å². The summed E-state index contributed by atoms with van der Waals surface area (Å²) in [7, 11) is 0. The van der Waals surface area contributed by atoms with Gasteiger partial charge in [0.2, 0.25) is 0 Å². The van der Waals surface area contributed by atoms with Crippen LogP contribution in [0.25, 0.3) is 11.0 Å². The molecule has 0 aliphatic heterocycles. The van der Waals surface area contributed by atoms with Crippen molar-refractivity contribution in [1.29, 1.82) is 0 Å². The maximum atomic E-state index is 5.89. The molecule has 0 atom stereocenters. The predicted octanol–water partition coefficient (Wildman–Crippen LogP) is 3.62. The number of aromatic nitrogens is 3. The number of fused-ring (bicyclic) bond motifs is 1. The van der Waals surface area contributed by atoms with Gasteiger partial charge < -0.3 is 10.3 Å². The van der Waals surface area contributed by atoms with Gasteiger partial charge in [0.1, 0.15) is 5.82 Å². The minimum Gasteiger partial charge on any atom is -0.399 e. The van der Waals surface area contributed by atoms with E-state index in [0.717, 1.165) is 40.5 Å². The first kappa shape index (κ1) is 14.1. The number of nitrogen functional groups attached to an aromatic ring is 1. The molecule has 0 bridgehead atoms. The molecular formula is C16H20N4S. The first-order chi connectivity index (χ1) is 9.95. The fourth-order valence-electron chi connectivity index (χ4n) is 2.53. The van der Waals surface area contributed by atoms with Crippen LogP contribution < -0.4 is 5.73 Å². The fraction of sp³-hybridized carbons (Fsp3) is 0.375. The highest BCUT2D eigenvalue weighted by molar-refractivity contribution is 7.09. The van der Waals surface area contributed by atoms with E-state index in [-0.39, 0.29) is 5.41 Å². The van der Waals surface area contributed by atoms with Crippen LogP contribution in [0.2, 0.25) is 0 Å². The number of nitrogens with zero attached hydrogens (tertiary/aromatic N) is 3. The highest BCUT2D eigenvalue weighted by Crippen LogP contribution is 2.27. The molecule has 110 valence electrons. The number of imidazole rings is 1. The Morgan fingerprint density at radius 3 is 2.76 bits per heavy atom. The minimum absolute atomic E-state index is 0.00331. The molecule has 0 saturated carbocycles. The lowest BCUT2D eigenvalue weighted by Gasteiger charge is -2.20.